The molecular formula is C6H7Cl3O. The fourth-order valence-corrected chi connectivity index (χ4v) is 2.02. The van der Waals surface area contributed by atoms with Crippen molar-refractivity contribution in [2.75, 3.05) is 0 Å². The number of ketones is 1. The van der Waals surface area contributed by atoms with Crippen LogP contribution in [0.3, 0.4) is 0 Å². The molecule has 0 bridgehead atoms. The lowest BCUT2D eigenvalue weighted by molar-refractivity contribution is -0.120. The fraction of sp³-hybridized carbons (Fsp3) is 0.833. The van der Waals surface area contributed by atoms with Gasteiger partial charge in [-0.15, -0.1) is 11.6 Å². The molecule has 0 N–H and O–H groups in total. The summed E-state index contributed by atoms with van der Waals surface area (Å²) in [5.41, 5.74) is 0. The molecule has 1 atom stereocenters. The summed E-state index contributed by atoms with van der Waals surface area (Å²) in [7, 11) is 0. The average Bonchev–Trinajstić information content (AvgIpc) is 1.78. The SMILES string of the molecule is O=C1CC[C@H](Cl)CC1(Cl)Cl. The van der Waals surface area contributed by atoms with Gasteiger partial charge < -0.3 is 0 Å². The quantitative estimate of drug-likeness (QED) is 0.551. The molecular weight excluding hydrogens is 194 g/mol. The van der Waals surface area contributed by atoms with Crippen LogP contribution >= 0.6 is 34.8 Å². The van der Waals surface area contributed by atoms with Crippen LogP contribution in [-0.2, 0) is 4.79 Å². The number of hydrogen-bond acceptors (Lipinski definition) is 1. The minimum atomic E-state index is -1.22. The van der Waals surface area contributed by atoms with Crippen LogP contribution in [0.1, 0.15) is 19.3 Å². The van der Waals surface area contributed by atoms with E-state index in [0.717, 1.165) is 0 Å². The van der Waals surface area contributed by atoms with Gasteiger partial charge >= 0.3 is 0 Å². The first-order chi connectivity index (χ1) is 4.52. The zero-order valence-electron chi connectivity index (χ0n) is 5.24. The highest BCUT2D eigenvalue weighted by Crippen LogP contribution is 2.36. The van der Waals surface area contributed by atoms with Gasteiger partial charge in [0.25, 0.3) is 0 Å². The van der Waals surface area contributed by atoms with E-state index in [1.165, 1.54) is 0 Å². The molecule has 0 unspecified atom stereocenters. The van der Waals surface area contributed by atoms with Gasteiger partial charge in [-0.1, -0.05) is 23.2 Å². The number of alkyl halides is 3. The van der Waals surface area contributed by atoms with Crippen LogP contribution in [0.15, 0.2) is 0 Å². The van der Waals surface area contributed by atoms with Crippen molar-refractivity contribution >= 4 is 40.6 Å². The number of hydrogen-bond donors (Lipinski definition) is 0. The van der Waals surface area contributed by atoms with Crippen LogP contribution in [0.4, 0.5) is 0 Å². The topological polar surface area (TPSA) is 17.1 Å². The molecule has 0 saturated heterocycles. The number of Topliss-reactive ketones (excluding diaryl/α,β-unsaturated/α-hetero) is 1. The van der Waals surface area contributed by atoms with E-state index in [-0.39, 0.29) is 11.2 Å². The number of carbonyl (C=O) groups excluding carboxylic acids is 1. The maximum atomic E-state index is 10.9. The molecule has 1 fully saturated rings. The zero-order chi connectivity index (χ0) is 7.78. The lowest BCUT2D eigenvalue weighted by atomic mass is 9.98. The Balaban J connectivity index is 2.63. The third-order valence-electron chi connectivity index (χ3n) is 1.57. The maximum absolute atomic E-state index is 10.9. The van der Waals surface area contributed by atoms with E-state index >= 15 is 0 Å². The highest BCUT2D eigenvalue weighted by Gasteiger charge is 2.39. The van der Waals surface area contributed by atoms with Gasteiger partial charge in [-0.25, -0.2) is 0 Å². The van der Waals surface area contributed by atoms with E-state index in [2.05, 4.69) is 0 Å². The first-order valence-corrected chi connectivity index (χ1v) is 4.27. The summed E-state index contributed by atoms with van der Waals surface area (Å²) in [4.78, 5) is 10.9. The molecule has 0 amide bonds. The van der Waals surface area contributed by atoms with Crippen LogP contribution < -0.4 is 0 Å². The van der Waals surface area contributed by atoms with Crippen molar-refractivity contribution in [2.24, 2.45) is 0 Å². The normalized spacial score (nSPS) is 32.3. The second-order valence-corrected chi connectivity index (χ2v) is 4.57. The van der Waals surface area contributed by atoms with Gasteiger partial charge in [0.15, 0.2) is 10.1 Å². The first-order valence-electron chi connectivity index (χ1n) is 3.07. The maximum Gasteiger partial charge on any atom is 0.177 e. The predicted octanol–water partition coefficient (Wildman–Crippen LogP) is 2.52. The summed E-state index contributed by atoms with van der Waals surface area (Å²) in [5.74, 6) is -0.104. The third kappa shape index (κ3) is 1.77. The van der Waals surface area contributed by atoms with E-state index < -0.39 is 4.33 Å². The standard InChI is InChI=1S/C6H7Cl3O/c7-4-1-2-5(10)6(8,9)3-4/h4H,1-3H2/t4-/m0/s1. The molecule has 4 heteroatoms. The number of halogens is 3. The molecule has 58 valence electrons. The Bertz CT molecular complexity index is 155. The minimum absolute atomic E-state index is 0.0484. The van der Waals surface area contributed by atoms with Gasteiger partial charge in [-0.3, -0.25) is 4.79 Å². The molecule has 1 rings (SSSR count). The summed E-state index contributed by atoms with van der Waals surface area (Å²) in [5, 5.41) is -0.0484. The van der Waals surface area contributed by atoms with Crippen molar-refractivity contribution in [1.29, 1.82) is 0 Å². The summed E-state index contributed by atoms with van der Waals surface area (Å²) >= 11 is 17.0. The molecule has 0 heterocycles. The molecule has 1 aliphatic rings. The van der Waals surface area contributed by atoms with E-state index in [1.54, 1.807) is 0 Å². The Kier molecular flexibility index (Phi) is 2.49. The molecule has 0 aromatic heterocycles. The Morgan fingerprint density at radius 2 is 2.10 bits per heavy atom. The number of rotatable bonds is 0. The van der Waals surface area contributed by atoms with Crippen molar-refractivity contribution in [3.8, 4) is 0 Å². The Morgan fingerprint density at radius 1 is 1.50 bits per heavy atom. The Labute approximate surface area is 74.6 Å². The van der Waals surface area contributed by atoms with Gasteiger partial charge in [-0.2, -0.15) is 0 Å². The van der Waals surface area contributed by atoms with Crippen LogP contribution in [-0.4, -0.2) is 15.5 Å². The van der Waals surface area contributed by atoms with Crippen molar-refractivity contribution in [1.82, 2.24) is 0 Å². The molecule has 1 nitrogen and oxygen atoms in total. The van der Waals surface area contributed by atoms with E-state index in [0.29, 0.717) is 19.3 Å². The fourth-order valence-electron chi connectivity index (χ4n) is 0.965. The summed E-state index contributed by atoms with van der Waals surface area (Å²) in [6.07, 6.45) is 1.47. The van der Waals surface area contributed by atoms with Crippen molar-refractivity contribution < 1.29 is 4.79 Å². The predicted molar refractivity (Wildman–Crippen MR) is 42.9 cm³/mol. The van der Waals surface area contributed by atoms with Gasteiger partial charge in [0, 0.05) is 18.2 Å². The van der Waals surface area contributed by atoms with Crippen molar-refractivity contribution in [3.63, 3.8) is 0 Å². The molecule has 0 aliphatic heterocycles. The molecule has 0 aromatic rings. The molecule has 1 saturated carbocycles. The van der Waals surface area contributed by atoms with Crippen molar-refractivity contribution in [3.05, 3.63) is 0 Å². The average molecular weight is 201 g/mol. The first kappa shape index (κ1) is 8.63. The zero-order valence-corrected chi connectivity index (χ0v) is 7.51. The number of carbonyl (C=O) groups is 1. The minimum Gasteiger partial charge on any atom is -0.296 e. The van der Waals surface area contributed by atoms with Gasteiger partial charge in [-0.05, 0) is 6.42 Å². The summed E-state index contributed by atoms with van der Waals surface area (Å²) < 4.78 is -1.22. The van der Waals surface area contributed by atoms with Gasteiger partial charge in [0.05, 0.1) is 0 Å². The van der Waals surface area contributed by atoms with Gasteiger partial charge in [0.1, 0.15) is 0 Å². The van der Waals surface area contributed by atoms with Gasteiger partial charge in [0.2, 0.25) is 0 Å². The van der Waals surface area contributed by atoms with E-state index in [9.17, 15) is 4.79 Å². The summed E-state index contributed by atoms with van der Waals surface area (Å²) in [6, 6.07) is 0. The molecule has 0 spiro atoms. The largest absolute Gasteiger partial charge is 0.296 e. The molecule has 10 heavy (non-hydrogen) atoms. The van der Waals surface area contributed by atoms with Crippen LogP contribution in [0, 0.1) is 0 Å². The van der Waals surface area contributed by atoms with E-state index in [4.69, 9.17) is 34.8 Å². The smallest absolute Gasteiger partial charge is 0.177 e. The van der Waals surface area contributed by atoms with E-state index in [1.807, 2.05) is 0 Å². The Hall–Kier alpha value is 0.540. The highest BCUT2D eigenvalue weighted by atomic mass is 35.5. The van der Waals surface area contributed by atoms with Crippen LogP contribution in [0.5, 0.6) is 0 Å². The second-order valence-electron chi connectivity index (χ2n) is 2.47. The monoisotopic (exact) mass is 200 g/mol. The van der Waals surface area contributed by atoms with Crippen LogP contribution in [0.2, 0.25) is 0 Å². The summed E-state index contributed by atoms with van der Waals surface area (Å²) in [6.45, 7) is 0. The third-order valence-corrected chi connectivity index (χ3v) is 2.67. The second kappa shape index (κ2) is 2.88. The van der Waals surface area contributed by atoms with Crippen molar-refractivity contribution in [2.45, 2.75) is 29.0 Å². The molecule has 1 aliphatic carbocycles. The molecule has 0 aromatic carbocycles. The highest BCUT2D eigenvalue weighted by molar-refractivity contribution is 6.58. The lowest BCUT2D eigenvalue weighted by Gasteiger charge is -2.26. The van der Waals surface area contributed by atoms with Crippen LogP contribution in [0.25, 0.3) is 0 Å². The lowest BCUT2D eigenvalue weighted by Crippen LogP contribution is -2.34. The Morgan fingerprint density at radius 3 is 2.50 bits per heavy atom. The molecule has 0 radical (unpaired) electrons.